The molecule has 6 heteroatoms. The van der Waals surface area contributed by atoms with E-state index in [1.54, 1.807) is 20.8 Å². The van der Waals surface area contributed by atoms with Crippen molar-refractivity contribution in [1.29, 1.82) is 0 Å². The van der Waals surface area contributed by atoms with Gasteiger partial charge in [-0.2, -0.15) is 0 Å². The van der Waals surface area contributed by atoms with Crippen LogP contribution >= 0.6 is 0 Å². The predicted molar refractivity (Wildman–Crippen MR) is 60.2 cm³/mol. The number of halogens is 2. The Bertz CT molecular complexity index is 261. The average Bonchev–Trinajstić information content (AvgIpc) is 2.63. The van der Waals surface area contributed by atoms with Crippen LogP contribution < -0.4 is 5.32 Å². The molecule has 0 bridgehead atoms. The van der Waals surface area contributed by atoms with Crippen molar-refractivity contribution in [3.63, 3.8) is 0 Å². The van der Waals surface area contributed by atoms with Crippen LogP contribution in [0.4, 0.5) is 13.6 Å². The molecule has 1 N–H and O–H groups in total. The van der Waals surface area contributed by atoms with Gasteiger partial charge in [-0.15, -0.1) is 0 Å². The van der Waals surface area contributed by atoms with Crippen molar-refractivity contribution in [2.45, 2.75) is 45.3 Å². The molecule has 0 aliphatic carbocycles. The Balaban J connectivity index is 2.64. The van der Waals surface area contributed by atoms with Crippen LogP contribution in [0, 0.1) is 0 Å². The number of alkyl halides is 2. The number of amides is 1. The summed E-state index contributed by atoms with van der Waals surface area (Å²) in [6, 6.07) is -0.196. The molecule has 1 aliphatic rings. The summed E-state index contributed by atoms with van der Waals surface area (Å²) in [5, 5.41) is 3.05. The first-order chi connectivity index (χ1) is 7.79. The number of carbonyl (C=O) groups is 1. The molecule has 4 nitrogen and oxygen atoms in total. The van der Waals surface area contributed by atoms with Gasteiger partial charge in [0.25, 0.3) is 6.43 Å². The summed E-state index contributed by atoms with van der Waals surface area (Å²) in [6.07, 6.45) is -2.51. The van der Waals surface area contributed by atoms with Crippen molar-refractivity contribution in [3.8, 4) is 0 Å². The van der Waals surface area contributed by atoms with Crippen molar-refractivity contribution >= 4 is 6.09 Å². The van der Waals surface area contributed by atoms with Crippen LogP contribution in [-0.4, -0.2) is 48.7 Å². The van der Waals surface area contributed by atoms with Gasteiger partial charge in [-0.05, 0) is 33.7 Å². The first-order valence-corrected chi connectivity index (χ1v) is 5.78. The van der Waals surface area contributed by atoms with Gasteiger partial charge < -0.3 is 10.1 Å². The molecule has 17 heavy (non-hydrogen) atoms. The van der Waals surface area contributed by atoms with E-state index in [9.17, 15) is 13.6 Å². The van der Waals surface area contributed by atoms with Crippen molar-refractivity contribution in [1.82, 2.24) is 10.2 Å². The zero-order valence-electron chi connectivity index (χ0n) is 10.5. The van der Waals surface area contributed by atoms with Crippen molar-refractivity contribution < 1.29 is 18.3 Å². The van der Waals surface area contributed by atoms with Crippen LogP contribution in [0.25, 0.3) is 0 Å². The molecule has 0 unspecified atom stereocenters. The molecule has 0 radical (unpaired) electrons. The summed E-state index contributed by atoms with van der Waals surface area (Å²) in [6.45, 7) is 5.88. The number of nitrogens with zero attached hydrogens (tertiary/aromatic N) is 1. The molecule has 1 amide bonds. The van der Waals surface area contributed by atoms with E-state index in [1.165, 1.54) is 0 Å². The van der Waals surface area contributed by atoms with Crippen molar-refractivity contribution in [2.75, 3.05) is 19.6 Å². The Labute approximate surface area is 100 Å². The van der Waals surface area contributed by atoms with Crippen LogP contribution in [0.2, 0.25) is 0 Å². The van der Waals surface area contributed by atoms with E-state index in [-0.39, 0.29) is 6.04 Å². The molecule has 0 aromatic carbocycles. The van der Waals surface area contributed by atoms with E-state index in [0.717, 1.165) is 11.4 Å². The summed E-state index contributed by atoms with van der Waals surface area (Å²) >= 11 is 0. The minimum absolute atomic E-state index is 0.196. The second kappa shape index (κ2) is 5.62. The maximum atomic E-state index is 12.5. The summed E-state index contributed by atoms with van der Waals surface area (Å²) in [5.74, 6) is 0. The maximum absolute atomic E-state index is 12.5. The van der Waals surface area contributed by atoms with E-state index < -0.39 is 24.7 Å². The topological polar surface area (TPSA) is 41.6 Å². The predicted octanol–water partition coefficient (Wildman–Crippen LogP) is 1.85. The summed E-state index contributed by atoms with van der Waals surface area (Å²) in [7, 11) is 0. The summed E-state index contributed by atoms with van der Waals surface area (Å²) < 4.78 is 30.1. The highest BCUT2D eigenvalue weighted by Gasteiger charge is 2.31. The highest BCUT2D eigenvalue weighted by Crippen LogP contribution is 2.16. The molecule has 100 valence electrons. The van der Waals surface area contributed by atoms with Crippen molar-refractivity contribution in [3.05, 3.63) is 0 Å². The van der Waals surface area contributed by atoms with Gasteiger partial charge in [0.2, 0.25) is 0 Å². The summed E-state index contributed by atoms with van der Waals surface area (Å²) in [5.41, 5.74) is -0.663. The third kappa shape index (κ3) is 4.85. The lowest BCUT2D eigenvalue weighted by atomic mass is 10.2. The standard InChI is InChI=1S/C11H20F2N2O2/c1-11(2,3)17-10(16)15(7-9(12)13)8-4-5-14-6-8/h8-9,14H,4-7H2,1-3H3/t8-/m0/s1. The lowest BCUT2D eigenvalue weighted by molar-refractivity contribution is 0.00104. The van der Waals surface area contributed by atoms with E-state index in [0.29, 0.717) is 13.0 Å². The van der Waals surface area contributed by atoms with Crippen molar-refractivity contribution in [2.24, 2.45) is 0 Å². The smallest absolute Gasteiger partial charge is 0.410 e. The molecule has 0 aromatic heterocycles. The quantitative estimate of drug-likeness (QED) is 0.831. The fourth-order valence-electron chi connectivity index (χ4n) is 1.75. The minimum atomic E-state index is -2.54. The molecule has 0 spiro atoms. The Morgan fingerprint density at radius 3 is 2.59 bits per heavy atom. The van der Waals surface area contributed by atoms with Crippen LogP contribution in [-0.2, 0) is 4.74 Å². The van der Waals surface area contributed by atoms with Crippen LogP contribution in [0.15, 0.2) is 0 Å². The van der Waals surface area contributed by atoms with E-state index in [2.05, 4.69) is 5.32 Å². The number of rotatable bonds is 3. The number of hydrogen-bond donors (Lipinski definition) is 1. The number of hydrogen-bond acceptors (Lipinski definition) is 3. The fourth-order valence-corrected chi connectivity index (χ4v) is 1.75. The second-order valence-electron chi connectivity index (χ2n) is 5.17. The molecule has 0 aromatic rings. The Hall–Kier alpha value is -0.910. The second-order valence-corrected chi connectivity index (χ2v) is 5.17. The zero-order valence-corrected chi connectivity index (χ0v) is 10.5. The minimum Gasteiger partial charge on any atom is -0.444 e. The first kappa shape index (κ1) is 14.2. The Morgan fingerprint density at radius 1 is 1.53 bits per heavy atom. The highest BCUT2D eigenvalue weighted by molar-refractivity contribution is 5.68. The zero-order chi connectivity index (χ0) is 13.1. The molecule has 1 fully saturated rings. The van der Waals surface area contributed by atoms with Gasteiger partial charge in [-0.25, -0.2) is 13.6 Å². The maximum Gasteiger partial charge on any atom is 0.410 e. The lowest BCUT2D eigenvalue weighted by Crippen LogP contribution is -2.46. The number of carbonyl (C=O) groups excluding carboxylic acids is 1. The molecule has 1 atom stereocenters. The molecular weight excluding hydrogens is 230 g/mol. The fraction of sp³-hybridized carbons (Fsp3) is 0.909. The molecular formula is C11H20F2N2O2. The number of ether oxygens (including phenoxy) is 1. The molecule has 1 aliphatic heterocycles. The molecule has 1 rings (SSSR count). The number of nitrogens with one attached hydrogen (secondary N) is 1. The third-order valence-corrected chi connectivity index (χ3v) is 2.44. The molecule has 0 saturated carbocycles. The van der Waals surface area contributed by atoms with E-state index in [4.69, 9.17) is 4.74 Å². The van der Waals surface area contributed by atoms with Crippen LogP contribution in [0.3, 0.4) is 0 Å². The summed E-state index contributed by atoms with van der Waals surface area (Å²) in [4.78, 5) is 13.0. The Morgan fingerprint density at radius 2 is 2.18 bits per heavy atom. The first-order valence-electron chi connectivity index (χ1n) is 5.78. The van der Waals surface area contributed by atoms with Gasteiger partial charge in [0, 0.05) is 12.6 Å². The van der Waals surface area contributed by atoms with Gasteiger partial charge in [0.15, 0.2) is 0 Å². The van der Waals surface area contributed by atoms with Gasteiger partial charge in [-0.3, -0.25) is 4.90 Å². The highest BCUT2D eigenvalue weighted by atomic mass is 19.3. The van der Waals surface area contributed by atoms with Gasteiger partial charge in [0.1, 0.15) is 5.60 Å². The SMILES string of the molecule is CC(C)(C)OC(=O)N(CC(F)F)[C@H]1CCNC1. The Kier molecular flexibility index (Phi) is 4.68. The molecule has 1 saturated heterocycles. The van der Waals surface area contributed by atoms with E-state index >= 15 is 0 Å². The van der Waals surface area contributed by atoms with Crippen LogP contribution in [0.5, 0.6) is 0 Å². The third-order valence-electron chi connectivity index (χ3n) is 2.44. The van der Waals surface area contributed by atoms with Crippen LogP contribution in [0.1, 0.15) is 27.2 Å². The van der Waals surface area contributed by atoms with Gasteiger partial charge >= 0.3 is 6.09 Å². The van der Waals surface area contributed by atoms with Gasteiger partial charge in [0.05, 0.1) is 6.54 Å². The molecule has 1 heterocycles. The normalized spacial score (nSPS) is 20.7. The van der Waals surface area contributed by atoms with E-state index in [1.807, 2.05) is 0 Å². The monoisotopic (exact) mass is 250 g/mol. The largest absolute Gasteiger partial charge is 0.444 e. The van der Waals surface area contributed by atoms with Gasteiger partial charge in [-0.1, -0.05) is 0 Å². The average molecular weight is 250 g/mol. The lowest BCUT2D eigenvalue weighted by Gasteiger charge is -2.31.